The van der Waals surface area contributed by atoms with E-state index in [4.69, 9.17) is 0 Å². The standard InChI is InChI=1S/C12H13N3OS2/c1-7-2-3-9(17-7)11(16)15-12-14-8-4-5-13-6-10(8)18-12/h2-3,13H,4-6H2,1H3,(H,14,15,16). The highest BCUT2D eigenvalue weighted by atomic mass is 32.1. The largest absolute Gasteiger partial charge is 0.311 e. The molecule has 2 aromatic heterocycles. The number of hydrogen-bond acceptors (Lipinski definition) is 5. The van der Waals surface area contributed by atoms with E-state index >= 15 is 0 Å². The van der Waals surface area contributed by atoms with Crippen LogP contribution in [-0.4, -0.2) is 17.4 Å². The third-order valence-electron chi connectivity index (χ3n) is 2.79. The van der Waals surface area contributed by atoms with Crippen LogP contribution < -0.4 is 10.6 Å². The average Bonchev–Trinajstić information content (AvgIpc) is 2.94. The Hall–Kier alpha value is -1.24. The monoisotopic (exact) mass is 279 g/mol. The second-order valence-corrected chi connectivity index (χ2v) is 6.55. The second-order valence-electron chi connectivity index (χ2n) is 4.18. The summed E-state index contributed by atoms with van der Waals surface area (Å²) in [6, 6.07) is 3.81. The van der Waals surface area contributed by atoms with Crippen molar-refractivity contribution in [3.05, 3.63) is 32.5 Å². The molecule has 0 atom stereocenters. The third-order valence-corrected chi connectivity index (χ3v) is 4.80. The maximum Gasteiger partial charge on any atom is 0.267 e. The molecule has 1 amide bonds. The lowest BCUT2D eigenvalue weighted by Crippen LogP contribution is -2.22. The van der Waals surface area contributed by atoms with Gasteiger partial charge in [-0.15, -0.1) is 22.7 Å². The number of nitrogens with one attached hydrogen (secondary N) is 2. The number of fused-ring (bicyclic) bond motifs is 1. The molecule has 6 heteroatoms. The van der Waals surface area contributed by atoms with Crippen molar-refractivity contribution in [2.24, 2.45) is 0 Å². The molecule has 2 N–H and O–H groups in total. The van der Waals surface area contributed by atoms with Gasteiger partial charge in [-0.1, -0.05) is 0 Å². The van der Waals surface area contributed by atoms with Gasteiger partial charge in [0.25, 0.3) is 5.91 Å². The summed E-state index contributed by atoms with van der Waals surface area (Å²) in [7, 11) is 0. The fourth-order valence-corrected chi connectivity index (χ4v) is 3.63. The van der Waals surface area contributed by atoms with E-state index in [1.807, 2.05) is 19.1 Å². The van der Waals surface area contributed by atoms with E-state index in [-0.39, 0.29) is 5.91 Å². The van der Waals surface area contributed by atoms with Crippen LogP contribution in [0, 0.1) is 6.92 Å². The number of rotatable bonds is 2. The second kappa shape index (κ2) is 4.79. The smallest absolute Gasteiger partial charge is 0.267 e. The number of aryl methyl sites for hydroxylation is 1. The lowest BCUT2D eigenvalue weighted by Gasteiger charge is -2.09. The fourth-order valence-electron chi connectivity index (χ4n) is 1.89. The molecule has 0 aromatic carbocycles. The first kappa shape index (κ1) is 11.8. The van der Waals surface area contributed by atoms with Crippen LogP contribution in [0.2, 0.25) is 0 Å². The molecule has 0 spiro atoms. The molecule has 2 aromatic rings. The van der Waals surface area contributed by atoms with Crippen LogP contribution in [0.5, 0.6) is 0 Å². The highest BCUT2D eigenvalue weighted by Gasteiger charge is 2.16. The average molecular weight is 279 g/mol. The van der Waals surface area contributed by atoms with Crippen molar-refractivity contribution < 1.29 is 4.79 Å². The predicted octanol–water partition coefficient (Wildman–Crippen LogP) is 2.41. The molecule has 18 heavy (non-hydrogen) atoms. The Labute approximate surface area is 113 Å². The molecule has 0 saturated heterocycles. The van der Waals surface area contributed by atoms with Crippen LogP contribution in [0.4, 0.5) is 5.13 Å². The van der Waals surface area contributed by atoms with Gasteiger partial charge in [-0.2, -0.15) is 0 Å². The number of anilines is 1. The van der Waals surface area contributed by atoms with Crippen LogP contribution in [-0.2, 0) is 13.0 Å². The molecule has 0 unspecified atom stereocenters. The van der Waals surface area contributed by atoms with Gasteiger partial charge in [0.1, 0.15) is 0 Å². The molecule has 4 nitrogen and oxygen atoms in total. The van der Waals surface area contributed by atoms with E-state index in [1.165, 1.54) is 16.2 Å². The van der Waals surface area contributed by atoms with Crippen molar-refractivity contribution in [1.82, 2.24) is 10.3 Å². The van der Waals surface area contributed by atoms with Crippen molar-refractivity contribution in [2.45, 2.75) is 19.9 Å². The van der Waals surface area contributed by atoms with Gasteiger partial charge >= 0.3 is 0 Å². The summed E-state index contributed by atoms with van der Waals surface area (Å²) in [6.07, 6.45) is 0.944. The normalized spacial score (nSPS) is 14.3. The lowest BCUT2D eigenvalue weighted by molar-refractivity contribution is 0.103. The Morgan fingerprint density at radius 3 is 3.06 bits per heavy atom. The zero-order valence-electron chi connectivity index (χ0n) is 9.95. The Bertz CT molecular complexity index is 564. The Kier molecular flexibility index (Phi) is 3.15. The first-order chi connectivity index (χ1) is 8.72. The van der Waals surface area contributed by atoms with Crippen LogP contribution in [0.1, 0.15) is 25.1 Å². The summed E-state index contributed by atoms with van der Waals surface area (Å²) < 4.78 is 0. The van der Waals surface area contributed by atoms with Crippen molar-refractivity contribution >= 4 is 33.7 Å². The van der Waals surface area contributed by atoms with E-state index < -0.39 is 0 Å². The van der Waals surface area contributed by atoms with E-state index in [1.54, 1.807) is 11.3 Å². The molecular formula is C12H13N3OS2. The van der Waals surface area contributed by atoms with Gasteiger partial charge in [-0.25, -0.2) is 4.98 Å². The number of carbonyl (C=O) groups is 1. The van der Waals surface area contributed by atoms with Crippen LogP contribution in [0.3, 0.4) is 0 Å². The topological polar surface area (TPSA) is 54.0 Å². The van der Waals surface area contributed by atoms with Gasteiger partial charge < -0.3 is 5.32 Å². The number of thiophene rings is 1. The first-order valence-electron chi connectivity index (χ1n) is 5.79. The predicted molar refractivity (Wildman–Crippen MR) is 74.5 cm³/mol. The molecule has 0 bridgehead atoms. The summed E-state index contributed by atoms with van der Waals surface area (Å²) in [5.41, 5.74) is 1.12. The molecule has 0 aliphatic carbocycles. The van der Waals surface area contributed by atoms with Crippen molar-refractivity contribution in [3.63, 3.8) is 0 Å². The molecule has 1 aliphatic rings. The van der Waals surface area contributed by atoms with E-state index in [0.29, 0.717) is 5.13 Å². The highest BCUT2D eigenvalue weighted by Crippen LogP contribution is 2.26. The van der Waals surface area contributed by atoms with E-state index in [9.17, 15) is 4.79 Å². The fraction of sp³-hybridized carbons (Fsp3) is 0.333. The molecule has 0 fully saturated rings. The minimum absolute atomic E-state index is 0.0628. The summed E-state index contributed by atoms with van der Waals surface area (Å²) in [5.74, 6) is -0.0628. The van der Waals surface area contributed by atoms with Crippen molar-refractivity contribution in [3.8, 4) is 0 Å². The third kappa shape index (κ3) is 2.31. The quantitative estimate of drug-likeness (QED) is 0.887. The SMILES string of the molecule is Cc1ccc(C(=O)Nc2nc3c(s2)CNCC3)s1. The zero-order valence-corrected chi connectivity index (χ0v) is 11.6. The number of amides is 1. The van der Waals surface area contributed by atoms with Gasteiger partial charge in [0, 0.05) is 29.3 Å². The molecule has 0 radical (unpaired) electrons. The molecule has 0 saturated carbocycles. The molecule has 94 valence electrons. The number of aromatic nitrogens is 1. The van der Waals surface area contributed by atoms with Gasteiger partial charge in [0.05, 0.1) is 10.6 Å². The molecule has 3 rings (SSSR count). The zero-order chi connectivity index (χ0) is 12.5. The minimum atomic E-state index is -0.0628. The minimum Gasteiger partial charge on any atom is -0.311 e. The van der Waals surface area contributed by atoms with Gasteiger partial charge in [-0.05, 0) is 19.1 Å². The Balaban J connectivity index is 1.76. The number of nitrogens with zero attached hydrogens (tertiary/aromatic N) is 1. The van der Waals surface area contributed by atoms with Crippen LogP contribution in [0.25, 0.3) is 0 Å². The van der Waals surface area contributed by atoms with Gasteiger partial charge in [-0.3, -0.25) is 10.1 Å². The molecule has 1 aliphatic heterocycles. The number of carbonyl (C=O) groups excluding carboxylic acids is 1. The van der Waals surface area contributed by atoms with Crippen LogP contribution in [0.15, 0.2) is 12.1 Å². The number of thiazole rings is 1. The van der Waals surface area contributed by atoms with Gasteiger partial charge in [0.2, 0.25) is 0 Å². The lowest BCUT2D eigenvalue weighted by atomic mass is 10.2. The Morgan fingerprint density at radius 2 is 2.33 bits per heavy atom. The summed E-state index contributed by atoms with van der Waals surface area (Å²) >= 11 is 3.07. The highest BCUT2D eigenvalue weighted by molar-refractivity contribution is 7.16. The number of hydrogen-bond donors (Lipinski definition) is 2. The first-order valence-corrected chi connectivity index (χ1v) is 7.43. The molecule has 3 heterocycles. The van der Waals surface area contributed by atoms with Crippen LogP contribution >= 0.6 is 22.7 Å². The van der Waals surface area contributed by atoms with Gasteiger partial charge in [0.15, 0.2) is 5.13 Å². The van der Waals surface area contributed by atoms with E-state index in [2.05, 4.69) is 15.6 Å². The Morgan fingerprint density at radius 1 is 1.44 bits per heavy atom. The maximum atomic E-state index is 12.0. The van der Waals surface area contributed by atoms with E-state index in [0.717, 1.165) is 35.0 Å². The summed E-state index contributed by atoms with van der Waals surface area (Å²) in [5, 5.41) is 6.89. The summed E-state index contributed by atoms with van der Waals surface area (Å²) in [6.45, 7) is 3.82. The summed E-state index contributed by atoms with van der Waals surface area (Å²) in [4.78, 5) is 19.6. The molecular weight excluding hydrogens is 266 g/mol. The van der Waals surface area contributed by atoms with Crippen molar-refractivity contribution in [2.75, 3.05) is 11.9 Å². The maximum absolute atomic E-state index is 12.0. The van der Waals surface area contributed by atoms with Crippen molar-refractivity contribution in [1.29, 1.82) is 0 Å².